The van der Waals surface area contributed by atoms with Gasteiger partial charge in [0.05, 0.1) is 24.3 Å². The third-order valence-corrected chi connectivity index (χ3v) is 4.94. The van der Waals surface area contributed by atoms with E-state index in [1.165, 1.54) is 12.1 Å². The number of ether oxygens (including phenoxy) is 3. The summed E-state index contributed by atoms with van der Waals surface area (Å²) in [5.74, 6) is 1.23. The molecular formula is C24H21ClF3NO4. The van der Waals surface area contributed by atoms with Gasteiger partial charge in [-0.2, -0.15) is 13.2 Å². The Hall–Kier alpha value is -3.39. The first-order chi connectivity index (χ1) is 15.7. The Labute approximate surface area is 194 Å². The van der Waals surface area contributed by atoms with Gasteiger partial charge in [-0.3, -0.25) is 4.79 Å². The highest BCUT2D eigenvalue weighted by atomic mass is 35.5. The highest BCUT2D eigenvalue weighted by molar-refractivity contribution is 6.31. The van der Waals surface area contributed by atoms with Gasteiger partial charge in [0.25, 0.3) is 5.91 Å². The molecule has 9 heteroatoms. The molecule has 0 fully saturated rings. The van der Waals surface area contributed by atoms with E-state index in [2.05, 4.69) is 5.32 Å². The second-order valence-electron chi connectivity index (χ2n) is 6.87. The van der Waals surface area contributed by atoms with Crippen LogP contribution in [0.2, 0.25) is 5.02 Å². The summed E-state index contributed by atoms with van der Waals surface area (Å²) >= 11 is 5.64. The maximum Gasteiger partial charge on any atom is 0.417 e. The molecule has 1 amide bonds. The molecule has 174 valence electrons. The lowest BCUT2D eigenvalue weighted by Gasteiger charge is -2.14. The van der Waals surface area contributed by atoms with Gasteiger partial charge >= 0.3 is 6.18 Å². The van der Waals surface area contributed by atoms with Crippen LogP contribution in [-0.4, -0.2) is 19.6 Å². The maximum absolute atomic E-state index is 13.1. The van der Waals surface area contributed by atoms with Crippen LogP contribution in [0.5, 0.6) is 17.2 Å². The highest BCUT2D eigenvalue weighted by Gasteiger charge is 2.33. The number of carbonyl (C=O) groups is 1. The molecule has 0 aliphatic carbocycles. The van der Waals surface area contributed by atoms with Crippen LogP contribution in [0.1, 0.15) is 28.4 Å². The zero-order valence-corrected chi connectivity index (χ0v) is 18.6. The number of halogens is 4. The third kappa shape index (κ3) is 6.32. The van der Waals surface area contributed by atoms with E-state index in [1.807, 2.05) is 6.92 Å². The van der Waals surface area contributed by atoms with Crippen molar-refractivity contribution >= 4 is 23.2 Å². The van der Waals surface area contributed by atoms with Gasteiger partial charge in [-0.25, -0.2) is 0 Å². The van der Waals surface area contributed by atoms with Crippen LogP contribution in [0.25, 0.3) is 0 Å². The molecule has 0 aliphatic heterocycles. The minimum absolute atomic E-state index is 0.0263. The molecule has 0 atom stereocenters. The van der Waals surface area contributed by atoms with Crippen molar-refractivity contribution in [2.45, 2.75) is 19.7 Å². The minimum atomic E-state index is -4.64. The number of hydrogen-bond donors (Lipinski definition) is 1. The molecular weight excluding hydrogens is 459 g/mol. The number of alkyl halides is 3. The summed E-state index contributed by atoms with van der Waals surface area (Å²) < 4.78 is 55.8. The summed E-state index contributed by atoms with van der Waals surface area (Å²) in [6, 6.07) is 14.9. The number of hydrogen-bond acceptors (Lipinski definition) is 4. The fourth-order valence-electron chi connectivity index (χ4n) is 2.99. The zero-order valence-electron chi connectivity index (χ0n) is 17.8. The summed E-state index contributed by atoms with van der Waals surface area (Å²) in [6.45, 7) is 2.35. The van der Waals surface area contributed by atoms with Gasteiger partial charge in [0.1, 0.15) is 23.9 Å². The minimum Gasteiger partial charge on any atom is -0.497 e. The SMILES string of the molecule is CCOc1ccc(C(=O)Nc2ccc(Cl)c(C(F)(F)F)c2)cc1COc1ccc(OC)cc1. The van der Waals surface area contributed by atoms with E-state index in [1.54, 1.807) is 43.5 Å². The standard InChI is InChI=1S/C24H21ClF3NO4/c1-3-32-22-11-4-15(12-16(22)14-33-19-8-6-18(31-2)7-9-19)23(30)29-17-5-10-21(25)20(13-17)24(26,27)28/h4-13H,3,14H2,1-2H3,(H,29,30). The number of methoxy groups -OCH3 is 1. The van der Waals surface area contributed by atoms with Gasteiger partial charge in [-0.05, 0) is 67.6 Å². The van der Waals surface area contributed by atoms with Crippen molar-refractivity contribution in [3.05, 3.63) is 82.4 Å². The van der Waals surface area contributed by atoms with Crippen LogP contribution in [-0.2, 0) is 12.8 Å². The second kappa shape index (κ2) is 10.5. The predicted molar refractivity (Wildman–Crippen MR) is 119 cm³/mol. The molecule has 0 bridgehead atoms. The Bertz CT molecular complexity index is 1120. The molecule has 5 nitrogen and oxygen atoms in total. The zero-order chi connectivity index (χ0) is 24.0. The van der Waals surface area contributed by atoms with E-state index < -0.39 is 22.7 Å². The van der Waals surface area contributed by atoms with E-state index in [4.69, 9.17) is 25.8 Å². The van der Waals surface area contributed by atoms with Crippen molar-refractivity contribution in [1.82, 2.24) is 0 Å². The summed E-state index contributed by atoms with van der Waals surface area (Å²) in [6.07, 6.45) is -4.64. The van der Waals surface area contributed by atoms with Gasteiger partial charge in [0.2, 0.25) is 0 Å². The Morgan fingerprint density at radius 3 is 2.30 bits per heavy atom. The molecule has 0 heterocycles. The largest absolute Gasteiger partial charge is 0.497 e. The number of anilines is 1. The van der Waals surface area contributed by atoms with Crippen molar-refractivity contribution < 1.29 is 32.2 Å². The average Bonchev–Trinajstić information content (AvgIpc) is 2.79. The second-order valence-corrected chi connectivity index (χ2v) is 7.27. The molecule has 0 radical (unpaired) electrons. The van der Waals surface area contributed by atoms with Crippen LogP contribution >= 0.6 is 11.6 Å². The van der Waals surface area contributed by atoms with Crippen molar-refractivity contribution in [3.63, 3.8) is 0 Å². The summed E-state index contributed by atoms with van der Waals surface area (Å²) in [5.41, 5.74) is -0.216. The molecule has 3 rings (SSSR count). The molecule has 0 saturated heterocycles. The quantitative estimate of drug-likeness (QED) is 0.395. The van der Waals surface area contributed by atoms with E-state index in [9.17, 15) is 18.0 Å². The number of carbonyl (C=O) groups excluding carboxylic acids is 1. The summed E-state index contributed by atoms with van der Waals surface area (Å²) in [5, 5.41) is 2.03. The van der Waals surface area contributed by atoms with Gasteiger partial charge in [0.15, 0.2) is 0 Å². The Balaban J connectivity index is 1.79. The lowest BCUT2D eigenvalue weighted by atomic mass is 10.1. The van der Waals surface area contributed by atoms with Crippen molar-refractivity contribution in [2.75, 3.05) is 19.0 Å². The molecule has 1 N–H and O–H groups in total. The fraction of sp³-hybridized carbons (Fsp3) is 0.208. The lowest BCUT2D eigenvalue weighted by molar-refractivity contribution is -0.137. The third-order valence-electron chi connectivity index (χ3n) is 4.61. The number of amides is 1. The molecule has 0 spiro atoms. The molecule has 3 aromatic carbocycles. The molecule has 3 aromatic rings. The highest BCUT2D eigenvalue weighted by Crippen LogP contribution is 2.36. The van der Waals surface area contributed by atoms with Crippen LogP contribution in [0.4, 0.5) is 18.9 Å². The van der Waals surface area contributed by atoms with Crippen LogP contribution < -0.4 is 19.5 Å². The molecule has 0 unspecified atom stereocenters. The Morgan fingerprint density at radius 2 is 1.67 bits per heavy atom. The Morgan fingerprint density at radius 1 is 0.970 bits per heavy atom. The molecule has 0 saturated carbocycles. The van der Waals surface area contributed by atoms with E-state index in [0.29, 0.717) is 29.4 Å². The monoisotopic (exact) mass is 479 g/mol. The van der Waals surface area contributed by atoms with Crippen molar-refractivity contribution in [1.29, 1.82) is 0 Å². The smallest absolute Gasteiger partial charge is 0.417 e. The van der Waals surface area contributed by atoms with Gasteiger partial charge < -0.3 is 19.5 Å². The normalized spacial score (nSPS) is 11.1. The number of nitrogens with one attached hydrogen (secondary N) is 1. The maximum atomic E-state index is 13.1. The van der Waals surface area contributed by atoms with Crippen LogP contribution in [0, 0.1) is 0 Å². The van der Waals surface area contributed by atoms with Crippen molar-refractivity contribution in [3.8, 4) is 17.2 Å². The van der Waals surface area contributed by atoms with E-state index in [0.717, 1.165) is 12.1 Å². The van der Waals surface area contributed by atoms with Crippen molar-refractivity contribution in [2.24, 2.45) is 0 Å². The first kappa shape index (κ1) is 24.3. The number of rotatable bonds is 8. The fourth-order valence-corrected chi connectivity index (χ4v) is 3.21. The first-order valence-electron chi connectivity index (χ1n) is 9.92. The van der Waals surface area contributed by atoms with Gasteiger partial charge in [-0.1, -0.05) is 11.6 Å². The van der Waals surface area contributed by atoms with E-state index in [-0.39, 0.29) is 17.9 Å². The van der Waals surface area contributed by atoms with Gasteiger partial charge in [-0.15, -0.1) is 0 Å². The molecule has 33 heavy (non-hydrogen) atoms. The lowest BCUT2D eigenvalue weighted by Crippen LogP contribution is -2.14. The van der Waals surface area contributed by atoms with Gasteiger partial charge in [0, 0.05) is 16.8 Å². The topological polar surface area (TPSA) is 56.8 Å². The average molecular weight is 480 g/mol. The van der Waals surface area contributed by atoms with E-state index >= 15 is 0 Å². The molecule has 0 aliphatic rings. The Kier molecular flexibility index (Phi) is 7.71. The summed E-state index contributed by atoms with van der Waals surface area (Å²) in [4.78, 5) is 12.7. The van der Waals surface area contributed by atoms with Crippen LogP contribution in [0.3, 0.4) is 0 Å². The predicted octanol–water partition coefficient (Wildman–Crippen LogP) is 6.60. The first-order valence-corrected chi connectivity index (χ1v) is 10.3. The number of benzene rings is 3. The summed E-state index contributed by atoms with van der Waals surface area (Å²) in [7, 11) is 1.56. The van der Waals surface area contributed by atoms with Crippen LogP contribution in [0.15, 0.2) is 60.7 Å². The molecule has 0 aromatic heterocycles.